The van der Waals surface area contributed by atoms with Crippen LogP contribution in [0.15, 0.2) is 54.7 Å². The molecule has 1 atom stereocenters. The standard InChI is InChI=1S/C24H33N3O2.ClH/c28-24(12-7-18-29-19-14-21-8-2-1-3-9-21)27(20-22-10-4-5-16-26-22)23-11-6-15-25-17-13-23;/h1-5,8-10,16,23,25H,6-7,11-15,17-20H2;1H. The maximum atomic E-state index is 13.0. The van der Waals surface area contributed by atoms with E-state index in [2.05, 4.69) is 27.3 Å². The summed E-state index contributed by atoms with van der Waals surface area (Å²) in [6.45, 7) is 3.93. The van der Waals surface area contributed by atoms with Crippen molar-refractivity contribution in [2.75, 3.05) is 26.3 Å². The van der Waals surface area contributed by atoms with Crippen molar-refractivity contribution in [1.29, 1.82) is 0 Å². The highest BCUT2D eigenvalue weighted by Gasteiger charge is 2.24. The number of halogens is 1. The largest absolute Gasteiger partial charge is 0.381 e. The number of amides is 1. The molecule has 1 amide bonds. The minimum absolute atomic E-state index is 0. The lowest BCUT2D eigenvalue weighted by atomic mass is 10.1. The molecule has 1 fully saturated rings. The SMILES string of the molecule is Cl.O=C(CCCOCCc1ccccc1)N(Cc1ccccn1)C1CCCNCC1. The lowest BCUT2D eigenvalue weighted by Crippen LogP contribution is -2.40. The zero-order valence-corrected chi connectivity index (χ0v) is 18.5. The highest BCUT2D eigenvalue weighted by atomic mass is 35.5. The summed E-state index contributed by atoms with van der Waals surface area (Å²) in [5.41, 5.74) is 2.24. The summed E-state index contributed by atoms with van der Waals surface area (Å²) in [7, 11) is 0. The molecule has 5 nitrogen and oxygen atoms in total. The predicted molar refractivity (Wildman–Crippen MR) is 123 cm³/mol. The second kappa shape index (κ2) is 14.1. The van der Waals surface area contributed by atoms with Crippen LogP contribution in [0.3, 0.4) is 0 Å². The van der Waals surface area contributed by atoms with Gasteiger partial charge in [0, 0.05) is 25.3 Å². The average Bonchev–Trinajstić information content (AvgIpc) is 3.05. The fraction of sp³-hybridized carbons (Fsp3) is 0.500. The number of hydrogen-bond acceptors (Lipinski definition) is 4. The van der Waals surface area contributed by atoms with Gasteiger partial charge in [-0.25, -0.2) is 0 Å². The van der Waals surface area contributed by atoms with Crippen LogP contribution in [0, 0.1) is 0 Å². The van der Waals surface area contributed by atoms with Gasteiger partial charge in [-0.2, -0.15) is 0 Å². The molecule has 2 heterocycles. The number of nitrogens with one attached hydrogen (secondary N) is 1. The fourth-order valence-electron chi connectivity index (χ4n) is 3.81. The van der Waals surface area contributed by atoms with Gasteiger partial charge < -0.3 is 15.0 Å². The maximum Gasteiger partial charge on any atom is 0.223 e. The smallest absolute Gasteiger partial charge is 0.223 e. The summed E-state index contributed by atoms with van der Waals surface area (Å²) in [5.74, 6) is 0.217. The average molecular weight is 432 g/mol. The Morgan fingerprint density at radius 1 is 1.07 bits per heavy atom. The van der Waals surface area contributed by atoms with E-state index >= 15 is 0 Å². The first-order valence-corrected chi connectivity index (χ1v) is 10.8. The summed E-state index contributed by atoms with van der Waals surface area (Å²) >= 11 is 0. The molecule has 1 aliphatic heterocycles. The van der Waals surface area contributed by atoms with E-state index in [1.165, 1.54) is 5.56 Å². The summed E-state index contributed by atoms with van der Waals surface area (Å²) in [6.07, 6.45) is 7.17. The topological polar surface area (TPSA) is 54.5 Å². The van der Waals surface area contributed by atoms with Crippen LogP contribution in [0.2, 0.25) is 0 Å². The third kappa shape index (κ3) is 8.42. The number of ether oxygens (including phenoxy) is 1. The molecule has 1 N–H and O–H groups in total. The molecule has 30 heavy (non-hydrogen) atoms. The molecular formula is C24H34ClN3O2. The van der Waals surface area contributed by atoms with Crippen molar-refractivity contribution in [2.45, 2.75) is 51.1 Å². The monoisotopic (exact) mass is 431 g/mol. The molecule has 0 bridgehead atoms. The van der Waals surface area contributed by atoms with Crippen LogP contribution in [-0.2, 0) is 22.5 Å². The van der Waals surface area contributed by atoms with E-state index in [-0.39, 0.29) is 18.3 Å². The minimum Gasteiger partial charge on any atom is -0.381 e. The van der Waals surface area contributed by atoms with Crippen LogP contribution in [0.5, 0.6) is 0 Å². The van der Waals surface area contributed by atoms with E-state index in [1.807, 2.05) is 36.4 Å². The van der Waals surface area contributed by atoms with E-state index in [1.54, 1.807) is 6.20 Å². The quantitative estimate of drug-likeness (QED) is 0.577. The van der Waals surface area contributed by atoms with Gasteiger partial charge in [0.25, 0.3) is 0 Å². The predicted octanol–water partition coefficient (Wildman–Crippen LogP) is 4.01. The molecule has 0 radical (unpaired) electrons. The Balaban J connectivity index is 0.00000320. The Morgan fingerprint density at radius 3 is 2.70 bits per heavy atom. The first-order chi connectivity index (χ1) is 14.3. The van der Waals surface area contributed by atoms with Gasteiger partial charge in [-0.15, -0.1) is 12.4 Å². The van der Waals surface area contributed by atoms with E-state index in [0.29, 0.717) is 32.2 Å². The zero-order valence-electron chi connectivity index (χ0n) is 17.7. The molecule has 1 aliphatic rings. The zero-order chi connectivity index (χ0) is 20.2. The molecule has 1 saturated heterocycles. The molecular weight excluding hydrogens is 398 g/mol. The first kappa shape index (κ1) is 24.3. The summed E-state index contributed by atoms with van der Waals surface area (Å²) in [6, 6.07) is 16.5. The van der Waals surface area contributed by atoms with Crippen LogP contribution in [0.1, 0.15) is 43.4 Å². The summed E-state index contributed by atoms with van der Waals surface area (Å²) < 4.78 is 5.76. The van der Waals surface area contributed by atoms with Crippen LogP contribution in [0.25, 0.3) is 0 Å². The number of carbonyl (C=O) groups excluding carboxylic acids is 1. The number of hydrogen-bond donors (Lipinski definition) is 1. The Labute approximate surface area is 186 Å². The van der Waals surface area contributed by atoms with Crippen molar-refractivity contribution in [3.05, 3.63) is 66.0 Å². The Morgan fingerprint density at radius 2 is 1.90 bits per heavy atom. The van der Waals surface area contributed by atoms with E-state index in [4.69, 9.17) is 4.74 Å². The van der Waals surface area contributed by atoms with Gasteiger partial charge >= 0.3 is 0 Å². The Hall–Kier alpha value is -1.95. The lowest BCUT2D eigenvalue weighted by Gasteiger charge is -2.31. The molecule has 0 spiro atoms. The van der Waals surface area contributed by atoms with Crippen LogP contribution < -0.4 is 5.32 Å². The normalized spacial score (nSPS) is 16.3. The van der Waals surface area contributed by atoms with Crippen molar-refractivity contribution in [2.24, 2.45) is 0 Å². The number of carbonyl (C=O) groups is 1. The van der Waals surface area contributed by atoms with Gasteiger partial charge in [0.15, 0.2) is 0 Å². The van der Waals surface area contributed by atoms with Crippen LogP contribution in [-0.4, -0.2) is 48.1 Å². The molecule has 6 heteroatoms. The van der Waals surface area contributed by atoms with Crippen LogP contribution >= 0.6 is 12.4 Å². The third-order valence-electron chi connectivity index (χ3n) is 5.42. The van der Waals surface area contributed by atoms with Gasteiger partial charge in [0.2, 0.25) is 5.91 Å². The fourth-order valence-corrected chi connectivity index (χ4v) is 3.81. The minimum atomic E-state index is 0. The van der Waals surface area contributed by atoms with Crippen molar-refractivity contribution in [1.82, 2.24) is 15.2 Å². The second-order valence-corrected chi connectivity index (χ2v) is 7.63. The summed E-state index contributed by atoms with van der Waals surface area (Å²) in [4.78, 5) is 19.5. The van der Waals surface area contributed by atoms with Gasteiger partial charge in [-0.1, -0.05) is 36.4 Å². The highest BCUT2D eigenvalue weighted by molar-refractivity contribution is 5.85. The molecule has 0 saturated carbocycles. The van der Waals surface area contributed by atoms with Gasteiger partial charge in [-0.3, -0.25) is 9.78 Å². The third-order valence-corrected chi connectivity index (χ3v) is 5.42. The van der Waals surface area contributed by atoms with Gasteiger partial charge in [0.1, 0.15) is 0 Å². The number of nitrogens with zero attached hydrogens (tertiary/aromatic N) is 2. The molecule has 1 unspecified atom stereocenters. The highest BCUT2D eigenvalue weighted by Crippen LogP contribution is 2.18. The molecule has 0 aliphatic carbocycles. The van der Waals surface area contributed by atoms with Crippen molar-refractivity contribution >= 4 is 18.3 Å². The van der Waals surface area contributed by atoms with Gasteiger partial charge in [0.05, 0.1) is 18.8 Å². The van der Waals surface area contributed by atoms with Crippen molar-refractivity contribution < 1.29 is 9.53 Å². The second-order valence-electron chi connectivity index (χ2n) is 7.63. The number of aromatic nitrogens is 1. The Bertz CT molecular complexity index is 707. The van der Waals surface area contributed by atoms with E-state index in [9.17, 15) is 4.79 Å². The lowest BCUT2D eigenvalue weighted by molar-refractivity contribution is -0.135. The summed E-state index contributed by atoms with van der Waals surface area (Å²) in [5, 5.41) is 3.44. The molecule has 1 aromatic carbocycles. The van der Waals surface area contributed by atoms with E-state index < -0.39 is 0 Å². The van der Waals surface area contributed by atoms with E-state index in [0.717, 1.165) is 50.9 Å². The number of rotatable bonds is 10. The van der Waals surface area contributed by atoms with Crippen LogP contribution in [0.4, 0.5) is 0 Å². The van der Waals surface area contributed by atoms with Crippen molar-refractivity contribution in [3.8, 4) is 0 Å². The molecule has 164 valence electrons. The number of benzene rings is 1. The Kier molecular flexibility index (Phi) is 11.5. The molecule has 3 rings (SSSR count). The number of pyridine rings is 1. The first-order valence-electron chi connectivity index (χ1n) is 10.8. The maximum absolute atomic E-state index is 13.0. The molecule has 2 aromatic rings. The van der Waals surface area contributed by atoms with Crippen molar-refractivity contribution in [3.63, 3.8) is 0 Å². The van der Waals surface area contributed by atoms with Gasteiger partial charge in [-0.05, 0) is 62.9 Å². The molecule has 1 aromatic heterocycles.